The number of fused-ring (bicyclic) bond motifs is 1. The smallest absolute Gasteiger partial charge is 0.0724 e. The van der Waals surface area contributed by atoms with E-state index >= 15 is 0 Å². The molecular weight excluding hydrogens is 328 g/mol. The van der Waals surface area contributed by atoms with Crippen LogP contribution in [-0.4, -0.2) is 29.2 Å². The van der Waals surface area contributed by atoms with Crippen LogP contribution in [0, 0.1) is 18.8 Å². The second kappa shape index (κ2) is 6.95. The quantitative estimate of drug-likeness (QED) is 0.614. The topological polar surface area (TPSA) is 6.48 Å². The summed E-state index contributed by atoms with van der Waals surface area (Å²) in [5.74, 6) is 1.48. The molecule has 0 N–H and O–H groups in total. The van der Waals surface area contributed by atoms with Crippen LogP contribution in [0.3, 0.4) is 0 Å². The van der Waals surface area contributed by atoms with Crippen LogP contribution in [0.25, 0.3) is 0 Å². The molecule has 0 radical (unpaired) electrons. The van der Waals surface area contributed by atoms with Gasteiger partial charge in [0.25, 0.3) is 0 Å². The molecule has 3 fully saturated rings. The maximum Gasteiger partial charge on any atom is 0.0724 e. The molecule has 0 spiro atoms. The highest BCUT2D eigenvalue weighted by Gasteiger charge is 2.57. The predicted molar refractivity (Wildman–Crippen MR) is 114 cm³/mol. The van der Waals surface area contributed by atoms with Crippen LogP contribution in [0.1, 0.15) is 71.6 Å². The largest absolute Gasteiger partial charge is 0.354 e. The third kappa shape index (κ3) is 2.70. The monoisotopic (exact) mass is 365 g/mol. The maximum atomic E-state index is 9.43. The minimum Gasteiger partial charge on any atom is -0.354 e. The summed E-state index contributed by atoms with van der Waals surface area (Å²) < 4.78 is 9.43. The van der Waals surface area contributed by atoms with Gasteiger partial charge < -0.3 is 4.90 Å². The van der Waals surface area contributed by atoms with Gasteiger partial charge in [-0.3, -0.25) is 4.90 Å². The molecule has 2 aliphatic carbocycles. The standard InChI is InChI=1S/C25H36N2/c1-19-10-6-9-15-23(19)26-18-27-24(20(26)2)16-17-25(27,22-13-7-8-14-22)21-11-4-3-5-12-21/h6,9-10,15-17,20-22,24H,3-5,7-8,11-14,18H2,1-2H3/t20-,24?,25?/m0/s1/i18D/t18?,20-,24?,25?. The molecule has 1 saturated heterocycles. The molecular formula is C25H36N2. The first-order chi connectivity index (χ1) is 13.6. The molecule has 2 heterocycles. The van der Waals surface area contributed by atoms with Gasteiger partial charge in [-0.1, -0.05) is 62.5 Å². The molecule has 0 amide bonds. The van der Waals surface area contributed by atoms with Gasteiger partial charge in [0.15, 0.2) is 0 Å². The summed E-state index contributed by atoms with van der Waals surface area (Å²) in [5.41, 5.74) is 2.67. The van der Waals surface area contributed by atoms with E-state index in [1.807, 2.05) is 0 Å². The van der Waals surface area contributed by atoms with E-state index in [0.29, 0.717) is 12.1 Å². The molecule has 4 atom stereocenters. The normalized spacial score (nSPS) is 38.5. The van der Waals surface area contributed by atoms with Crippen LogP contribution >= 0.6 is 0 Å². The highest BCUT2D eigenvalue weighted by atomic mass is 15.5. The Morgan fingerprint density at radius 1 is 0.963 bits per heavy atom. The Morgan fingerprint density at radius 2 is 1.59 bits per heavy atom. The van der Waals surface area contributed by atoms with Gasteiger partial charge in [-0.15, -0.1) is 0 Å². The van der Waals surface area contributed by atoms with E-state index in [4.69, 9.17) is 0 Å². The number of benzene rings is 1. The van der Waals surface area contributed by atoms with Crippen LogP contribution in [0.15, 0.2) is 36.4 Å². The Balaban J connectivity index is 1.56. The number of rotatable bonds is 3. The lowest BCUT2D eigenvalue weighted by atomic mass is 9.67. The highest BCUT2D eigenvalue weighted by Crippen LogP contribution is 2.53. The molecule has 1 aromatic rings. The van der Waals surface area contributed by atoms with Crippen LogP contribution in [0.5, 0.6) is 0 Å². The van der Waals surface area contributed by atoms with Crippen LogP contribution < -0.4 is 4.90 Å². The molecule has 2 nitrogen and oxygen atoms in total. The van der Waals surface area contributed by atoms with E-state index < -0.39 is 0 Å². The lowest BCUT2D eigenvalue weighted by Crippen LogP contribution is -2.56. The fourth-order valence-electron chi connectivity index (χ4n) is 6.78. The molecule has 2 saturated carbocycles. The van der Waals surface area contributed by atoms with Gasteiger partial charge in [0.2, 0.25) is 0 Å². The van der Waals surface area contributed by atoms with Crippen LogP contribution in [0.4, 0.5) is 5.69 Å². The first-order valence-corrected chi connectivity index (χ1v) is 11.4. The first kappa shape index (κ1) is 16.7. The molecule has 146 valence electrons. The number of para-hydroxylation sites is 1. The lowest BCUT2D eigenvalue weighted by Gasteiger charge is -2.49. The Hall–Kier alpha value is -1.28. The van der Waals surface area contributed by atoms with Crippen molar-refractivity contribution in [1.29, 1.82) is 0 Å². The summed E-state index contributed by atoms with van der Waals surface area (Å²) in [6.07, 6.45) is 17.5. The van der Waals surface area contributed by atoms with Gasteiger partial charge in [0.1, 0.15) is 0 Å². The van der Waals surface area contributed by atoms with Crippen LogP contribution in [0.2, 0.25) is 0 Å². The van der Waals surface area contributed by atoms with E-state index in [-0.39, 0.29) is 12.2 Å². The number of hydrogen-bond donors (Lipinski definition) is 0. The van der Waals surface area contributed by atoms with Crippen molar-refractivity contribution in [2.24, 2.45) is 11.8 Å². The van der Waals surface area contributed by atoms with Gasteiger partial charge in [-0.2, -0.15) is 0 Å². The van der Waals surface area contributed by atoms with Crippen molar-refractivity contribution in [3.63, 3.8) is 0 Å². The third-order valence-corrected chi connectivity index (χ3v) is 8.17. The first-order valence-electron chi connectivity index (χ1n) is 12.0. The van der Waals surface area contributed by atoms with Crippen molar-refractivity contribution in [2.75, 3.05) is 11.5 Å². The second-order valence-corrected chi connectivity index (χ2v) is 9.51. The van der Waals surface area contributed by atoms with Crippen molar-refractivity contribution in [1.82, 2.24) is 4.90 Å². The minimum absolute atomic E-state index is 0.125. The third-order valence-electron chi connectivity index (χ3n) is 8.17. The van der Waals surface area contributed by atoms with Crippen molar-refractivity contribution in [3.05, 3.63) is 42.0 Å². The minimum atomic E-state index is -0.279. The van der Waals surface area contributed by atoms with Gasteiger partial charge in [0.05, 0.1) is 14.1 Å². The average Bonchev–Trinajstić information content (AvgIpc) is 3.43. The zero-order valence-electron chi connectivity index (χ0n) is 18.1. The Morgan fingerprint density at radius 3 is 2.26 bits per heavy atom. The SMILES string of the molecule is [2H]C1N(c2ccccc2C)[C@@H](C)C2C=CC(C3CCCCC3)(C3CCCC3)N21. The van der Waals surface area contributed by atoms with Crippen molar-refractivity contribution in [2.45, 2.75) is 89.3 Å². The van der Waals surface area contributed by atoms with E-state index in [1.54, 1.807) is 0 Å². The zero-order valence-corrected chi connectivity index (χ0v) is 17.1. The molecule has 4 aliphatic rings. The van der Waals surface area contributed by atoms with Gasteiger partial charge >= 0.3 is 0 Å². The average molecular weight is 366 g/mol. The Bertz CT molecular complexity index is 734. The summed E-state index contributed by atoms with van der Waals surface area (Å²) in [6.45, 7) is 4.26. The second-order valence-electron chi connectivity index (χ2n) is 9.51. The lowest BCUT2D eigenvalue weighted by molar-refractivity contribution is 0.0208. The fourth-order valence-corrected chi connectivity index (χ4v) is 6.78. The van der Waals surface area contributed by atoms with E-state index in [2.05, 4.69) is 60.1 Å². The molecule has 0 bridgehead atoms. The number of aryl methyl sites for hydroxylation is 1. The summed E-state index contributed by atoms with van der Waals surface area (Å²) in [6, 6.07) is 9.39. The summed E-state index contributed by atoms with van der Waals surface area (Å²) >= 11 is 0. The van der Waals surface area contributed by atoms with Crippen molar-refractivity contribution >= 4 is 5.69 Å². The molecule has 2 aliphatic heterocycles. The van der Waals surface area contributed by atoms with Crippen LogP contribution in [-0.2, 0) is 0 Å². The number of anilines is 1. The molecule has 2 heteroatoms. The molecule has 1 aromatic carbocycles. The Labute approximate surface area is 167 Å². The van der Waals surface area contributed by atoms with Crippen molar-refractivity contribution < 1.29 is 1.37 Å². The fraction of sp³-hybridized carbons (Fsp3) is 0.680. The van der Waals surface area contributed by atoms with Crippen molar-refractivity contribution in [3.8, 4) is 0 Å². The summed E-state index contributed by atoms with van der Waals surface area (Å²) in [4.78, 5) is 5.06. The van der Waals surface area contributed by atoms with Gasteiger partial charge in [-0.05, 0) is 63.0 Å². The van der Waals surface area contributed by atoms with E-state index in [9.17, 15) is 1.37 Å². The number of nitrogens with zero attached hydrogens (tertiary/aromatic N) is 2. The molecule has 0 aromatic heterocycles. The molecule has 3 unspecified atom stereocenters. The van der Waals surface area contributed by atoms with E-state index in [1.165, 1.54) is 69.0 Å². The van der Waals surface area contributed by atoms with Gasteiger partial charge in [0, 0.05) is 17.3 Å². The van der Waals surface area contributed by atoms with Gasteiger partial charge in [-0.25, -0.2) is 0 Å². The zero-order chi connectivity index (χ0) is 19.3. The maximum absolute atomic E-state index is 9.43. The molecule has 5 rings (SSSR count). The number of hydrogen-bond acceptors (Lipinski definition) is 2. The summed E-state index contributed by atoms with van der Waals surface area (Å²) in [5, 5.41) is 0. The Kier molecular flexibility index (Phi) is 4.29. The summed E-state index contributed by atoms with van der Waals surface area (Å²) in [7, 11) is 0. The molecule has 27 heavy (non-hydrogen) atoms. The predicted octanol–water partition coefficient (Wildman–Crippen LogP) is 5.91. The highest BCUT2D eigenvalue weighted by molar-refractivity contribution is 5.56. The van der Waals surface area contributed by atoms with E-state index in [0.717, 1.165) is 11.8 Å².